The molecule has 0 radical (unpaired) electrons. The fourth-order valence-corrected chi connectivity index (χ4v) is 4.37. The van der Waals surface area contributed by atoms with E-state index >= 15 is 0 Å². The van der Waals surface area contributed by atoms with Crippen LogP contribution in [0.3, 0.4) is 0 Å². The topological polar surface area (TPSA) is 69.4 Å². The Kier molecular flexibility index (Phi) is 3.26. The standard InChI is InChI=1S/C21H17NO4/c1-11-8-16-19(13-5-2-6-14(13)21(24)25-16)20-18(11)15(9-17(23)26-20)12-4-3-7-22-10-12/h3-4,7-8,10,15H,2,5-6,9H2,1H3/t15-/m1/s1. The number of nitrogens with zero attached hydrogens (tertiary/aromatic N) is 1. The van der Waals surface area contributed by atoms with Gasteiger partial charge in [-0.25, -0.2) is 4.79 Å². The first-order valence-corrected chi connectivity index (χ1v) is 8.86. The largest absolute Gasteiger partial charge is 0.425 e. The number of aryl methyl sites for hydroxylation is 2. The first kappa shape index (κ1) is 15.3. The molecule has 26 heavy (non-hydrogen) atoms. The smallest absolute Gasteiger partial charge is 0.339 e. The fourth-order valence-electron chi connectivity index (χ4n) is 4.37. The van der Waals surface area contributed by atoms with Gasteiger partial charge >= 0.3 is 11.6 Å². The second kappa shape index (κ2) is 5.53. The second-order valence-electron chi connectivity index (χ2n) is 7.03. The van der Waals surface area contributed by atoms with Crippen molar-refractivity contribution >= 4 is 16.9 Å². The molecule has 0 spiro atoms. The molecule has 2 aromatic heterocycles. The number of fused-ring (bicyclic) bond motifs is 5. The Morgan fingerprint density at radius 3 is 2.85 bits per heavy atom. The number of ether oxygens (including phenoxy) is 1. The molecule has 130 valence electrons. The van der Waals surface area contributed by atoms with Crippen LogP contribution in [0.4, 0.5) is 0 Å². The molecule has 0 fully saturated rings. The van der Waals surface area contributed by atoms with Gasteiger partial charge in [0.15, 0.2) is 0 Å². The molecule has 5 rings (SSSR count). The number of rotatable bonds is 1. The molecule has 1 aliphatic carbocycles. The fraction of sp³-hybridized carbons (Fsp3) is 0.286. The zero-order valence-corrected chi connectivity index (χ0v) is 14.4. The van der Waals surface area contributed by atoms with Crippen molar-refractivity contribution in [3.63, 3.8) is 0 Å². The van der Waals surface area contributed by atoms with E-state index in [-0.39, 0.29) is 23.9 Å². The predicted octanol–water partition coefficient (Wildman–Crippen LogP) is 3.43. The molecule has 3 heterocycles. The third-order valence-corrected chi connectivity index (χ3v) is 5.48. The Balaban J connectivity index is 1.86. The van der Waals surface area contributed by atoms with E-state index in [1.807, 2.05) is 25.1 Å². The van der Waals surface area contributed by atoms with Crippen LogP contribution in [0.15, 0.2) is 39.8 Å². The lowest BCUT2D eigenvalue weighted by atomic mass is 9.83. The number of esters is 1. The van der Waals surface area contributed by atoms with E-state index in [9.17, 15) is 9.59 Å². The van der Waals surface area contributed by atoms with E-state index in [2.05, 4.69) is 4.98 Å². The van der Waals surface area contributed by atoms with Gasteiger partial charge in [-0.3, -0.25) is 9.78 Å². The number of pyridine rings is 1. The molecule has 5 heteroatoms. The Hall–Kier alpha value is -2.95. The molecule has 1 atom stereocenters. The lowest BCUT2D eigenvalue weighted by Crippen LogP contribution is -2.23. The van der Waals surface area contributed by atoms with Crippen LogP contribution in [0, 0.1) is 6.92 Å². The van der Waals surface area contributed by atoms with Crippen LogP contribution in [-0.4, -0.2) is 11.0 Å². The van der Waals surface area contributed by atoms with Crippen LogP contribution in [0.5, 0.6) is 5.75 Å². The first-order chi connectivity index (χ1) is 12.6. The Morgan fingerprint density at radius 1 is 1.19 bits per heavy atom. The highest BCUT2D eigenvalue weighted by molar-refractivity contribution is 5.94. The lowest BCUT2D eigenvalue weighted by Gasteiger charge is -2.28. The summed E-state index contributed by atoms with van der Waals surface area (Å²) in [6.45, 7) is 1.97. The molecular formula is C21H17NO4. The van der Waals surface area contributed by atoms with E-state index in [1.165, 1.54) is 0 Å². The maximum Gasteiger partial charge on any atom is 0.339 e. The average molecular weight is 347 g/mol. The molecule has 5 nitrogen and oxygen atoms in total. The monoisotopic (exact) mass is 347 g/mol. The third kappa shape index (κ3) is 2.13. The summed E-state index contributed by atoms with van der Waals surface area (Å²) in [6.07, 6.45) is 6.25. The third-order valence-electron chi connectivity index (χ3n) is 5.48. The summed E-state index contributed by atoms with van der Waals surface area (Å²) in [5, 5.41) is 0.791. The first-order valence-electron chi connectivity index (χ1n) is 8.86. The molecule has 0 N–H and O–H groups in total. The number of carbonyl (C=O) groups excluding carboxylic acids is 1. The Bertz CT molecular complexity index is 1110. The molecule has 0 saturated carbocycles. The highest BCUT2D eigenvalue weighted by atomic mass is 16.5. The maximum absolute atomic E-state index is 12.4. The van der Waals surface area contributed by atoms with Gasteiger partial charge in [0.05, 0.1) is 11.8 Å². The van der Waals surface area contributed by atoms with E-state index in [0.717, 1.165) is 52.5 Å². The molecular weight excluding hydrogens is 330 g/mol. The van der Waals surface area contributed by atoms with E-state index < -0.39 is 0 Å². The van der Waals surface area contributed by atoms with E-state index in [4.69, 9.17) is 9.15 Å². The van der Waals surface area contributed by atoms with Gasteiger partial charge in [-0.2, -0.15) is 0 Å². The van der Waals surface area contributed by atoms with Crippen molar-refractivity contribution in [1.29, 1.82) is 0 Å². The van der Waals surface area contributed by atoms with E-state index in [1.54, 1.807) is 12.4 Å². The van der Waals surface area contributed by atoms with E-state index in [0.29, 0.717) is 11.3 Å². The van der Waals surface area contributed by atoms with Crippen molar-refractivity contribution in [2.45, 2.75) is 38.5 Å². The van der Waals surface area contributed by atoms with Crippen LogP contribution in [0.2, 0.25) is 0 Å². The molecule has 3 aromatic rings. The van der Waals surface area contributed by atoms with Crippen LogP contribution < -0.4 is 10.4 Å². The summed E-state index contributed by atoms with van der Waals surface area (Å²) >= 11 is 0. The molecule has 0 unspecified atom stereocenters. The van der Waals surface area contributed by atoms with Gasteiger partial charge in [-0.15, -0.1) is 0 Å². The van der Waals surface area contributed by atoms with Crippen LogP contribution in [-0.2, 0) is 17.6 Å². The maximum atomic E-state index is 12.4. The van der Waals surface area contributed by atoms with Gasteiger partial charge in [0.1, 0.15) is 11.3 Å². The van der Waals surface area contributed by atoms with Gasteiger partial charge in [0.2, 0.25) is 0 Å². The highest BCUT2D eigenvalue weighted by Gasteiger charge is 2.34. The van der Waals surface area contributed by atoms with Gasteiger partial charge in [-0.05, 0) is 55.0 Å². The SMILES string of the molecule is Cc1cc2oc(=O)c3c(c2c2c1[C@@H](c1cccnc1)CC(=O)O2)CCC3. The molecule has 0 saturated heterocycles. The Morgan fingerprint density at radius 2 is 2.04 bits per heavy atom. The van der Waals surface area contributed by atoms with Crippen LogP contribution >= 0.6 is 0 Å². The predicted molar refractivity (Wildman–Crippen MR) is 95.6 cm³/mol. The minimum absolute atomic E-state index is 0.103. The number of hydrogen-bond donors (Lipinski definition) is 0. The average Bonchev–Trinajstić information content (AvgIpc) is 3.12. The molecule has 1 aliphatic heterocycles. The minimum Gasteiger partial charge on any atom is -0.425 e. The number of aromatic nitrogens is 1. The number of carbonyl (C=O) groups is 1. The van der Waals surface area contributed by atoms with Crippen molar-refractivity contribution in [1.82, 2.24) is 4.98 Å². The van der Waals surface area contributed by atoms with Crippen molar-refractivity contribution in [2.75, 3.05) is 0 Å². The van der Waals surface area contributed by atoms with Crippen molar-refractivity contribution in [3.05, 3.63) is 68.8 Å². The summed E-state index contributed by atoms with van der Waals surface area (Å²) in [4.78, 5) is 28.9. The number of benzene rings is 1. The normalized spacial score (nSPS) is 18.5. The minimum atomic E-state index is -0.268. The van der Waals surface area contributed by atoms with Gasteiger partial charge < -0.3 is 9.15 Å². The Labute approximate surface area is 149 Å². The van der Waals surface area contributed by atoms with Crippen LogP contribution in [0.1, 0.15) is 46.6 Å². The zero-order valence-electron chi connectivity index (χ0n) is 14.4. The zero-order chi connectivity index (χ0) is 17.8. The van der Waals surface area contributed by atoms with Crippen molar-refractivity contribution in [3.8, 4) is 5.75 Å². The summed E-state index contributed by atoms with van der Waals surface area (Å²) in [5.41, 5.74) is 4.88. The quantitative estimate of drug-likeness (QED) is 0.383. The summed E-state index contributed by atoms with van der Waals surface area (Å²) in [7, 11) is 0. The lowest BCUT2D eigenvalue weighted by molar-refractivity contribution is -0.135. The van der Waals surface area contributed by atoms with Gasteiger partial charge in [0.25, 0.3) is 0 Å². The molecule has 0 bridgehead atoms. The summed E-state index contributed by atoms with van der Waals surface area (Å²) in [5.74, 6) is 0.191. The second-order valence-corrected chi connectivity index (χ2v) is 7.03. The molecule has 2 aliphatic rings. The molecule has 1 aromatic carbocycles. The number of hydrogen-bond acceptors (Lipinski definition) is 5. The summed E-state index contributed by atoms with van der Waals surface area (Å²) < 4.78 is 11.3. The van der Waals surface area contributed by atoms with Crippen molar-refractivity contribution < 1.29 is 13.9 Å². The summed E-state index contributed by atoms with van der Waals surface area (Å²) in [6, 6.07) is 5.76. The highest BCUT2D eigenvalue weighted by Crippen LogP contribution is 2.46. The van der Waals surface area contributed by atoms with Gasteiger partial charge in [0, 0.05) is 29.4 Å². The van der Waals surface area contributed by atoms with Crippen LogP contribution in [0.25, 0.3) is 11.0 Å². The molecule has 0 amide bonds. The van der Waals surface area contributed by atoms with Crippen molar-refractivity contribution in [2.24, 2.45) is 0 Å². The van der Waals surface area contributed by atoms with Gasteiger partial charge in [-0.1, -0.05) is 6.07 Å².